The number of nitrogen functional groups attached to an aromatic ring is 1. The molecule has 18 heavy (non-hydrogen) atoms. The van der Waals surface area contributed by atoms with E-state index in [0.29, 0.717) is 17.8 Å². The van der Waals surface area contributed by atoms with Crippen LogP contribution in [-0.2, 0) is 6.54 Å². The Morgan fingerprint density at radius 2 is 1.67 bits per heavy atom. The lowest BCUT2D eigenvalue weighted by molar-refractivity contribution is 0.455. The van der Waals surface area contributed by atoms with Gasteiger partial charge in [-0.1, -0.05) is 0 Å². The Morgan fingerprint density at radius 3 is 2.33 bits per heavy atom. The molecule has 0 heterocycles. The molecule has 0 saturated heterocycles. The van der Waals surface area contributed by atoms with Gasteiger partial charge in [-0.15, -0.1) is 12.4 Å². The Morgan fingerprint density at radius 1 is 1.00 bits per heavy atom. The first-order valence-electron chi connectivity index (χ1n) is 5.25. The lowest BCUT2D eigenvalue weighted by Gasteiger charge is -2.08. The Balaban J connectivity index is 0.00000162. The number of nitrogens with one attached hydrogen (secondary N) is 1. The molecular formula is C13H15ClN2O2. The topological polar surface area (TPSA) is 78.5 Å². The van der Waals surface area contributed by atoms with E-state index in [2.05, 4.69) is 5.32 Å². The molecule has 5 N–H and O–H groups in total. The molecule has 0 bridgehead atoms. The Hall–Kier alpha value is -2.07. The van der Waals surface area contributed by atoms with Crippen molar-refractivity contribution >= 4 is 23.8 Å². The molecule has 2 rings (SSSR count). The summed E-state index contributed by atoms with van der Waals surface area (Å²) in [5, 5.41) is 22.0. The number of phenolic OH excluding ortho intramolecular Hbond substituents is 2. The van der Waals surface area contributed by atoms with E-state index in [1.54, 1.807) is 12.1 Å². The number of benzene rings is 2. The standard InChI is InChI=1S/C13H14N2O2.ClH/c14-10-1-3-11(4-2-10)15-8-9-7-12(16)5-6-13(9)17;/h1-7,15-17H,8,14H2;1H. The summed E-state index contributed by atoms with van der Waals surface area (Å²) in [6.07, 6.45) is 0. The fourth-order valence-electron chi connectivity index (χ4n) is 1.51. The van der Waals surface area contributed by atoms with Gasteiger partial charge in [0.25, 0.3) is 0 Å². The van der Waals surface area contributed by atoms with E-state index in [-0.39, 0.29) is 23.9 Å². The second-order valence-electron chi connectivity index (χ2n) is 3.79. The van der Waals surface area contributed by atoms with Gasteiger partial charge < -0.3 is 21.3 Å². The predicted octanol–water partition coefficient (Wildman–Crippen LogP) is 2.71. The summed E-state index contributed by atoms with van der Waals surface area (Å²) >= 11 is 0. The van der Waals surface area contributed by atoms with Gasteiger partial charge >= 0.3 is 0 Å². The highest BCUT2D eigenvalue weighted by molar-refractivity contribution is 5.85. The number of hydrogen-bond donors (Lipinski definition) is 4. The van der Waals surface area contributed by atoms with E-state index in [4.69, 9.17) is 5.73 Å². The second kappa shape index (κ2) is 6.02. The molecule has 0 aliphatic rings. The molecule has 0 atom stereocenters. The number of anilines is 2. The zero-order valence-corrected chi connectivity index (χ0v) is 10.4. The SMILES string of the molecule is Cl.Nc1ccc(NCc2cc(O)ccc2O)cc1. The highest BCUT2D eigenvalue weighted by atomic mass is 35.5. The minimum Gasteiger partial charge on any atom is -0.508 e. The molecule has 0 radical (unpaired) electrons. The van der Waals surface area contributed by atoms with Crippen LogP contribution in [0.5, 0.6) is 11.5 Å². The van der Waals surface area contributed by atoms with Crippen LogP contribution in [0, 0.1) is 0 Å². The molecule has 0 unspecified atom stereocenters. The van der Waals surface area contributed by atoms with Crippen molar-refractivity contribution in [3.63, 3.8) is 0 Å². The van der Waals surface area contributed by atoms with Crippen LogP contribution < -0.4 is 11.1 Å². The summed E-state index contributed by atoms with van der Waals surface area (Å²) in [7, 11) is 0. The average molecular weight is 267 g/mol. The quantitative estimate of drug-likeness (QED) is 0.509. The van der Waals surface area contributed by atoms with Crippen molar-refractivity contribution in [2.75, 3.05) is 11.1 Å². The van der Waals surface area contributed by atoms with Gasteiger partial charge in [-0.3, -0.25) is 0 Å². The molecule has 0 aromatic heterocycles. The Kier molecular flexibility index (Phi) is 4.68. The Labute approximate surface area is 111 Å². The second-order valence-corrected chi connectivity index (χ2v) is 3.79. The van der Waals surface area contributed by atoms with Gasteiger partial charge in [-0.25, -0.2) is 0 Å². The Bertz CT molecular complexity index is 515. The largest absolute Gasteiger partial charge is 0.508 e. The summed E-state index contributed by atoms with van der Waals surface area (Å²) < 4.78 is 0. The number of aromatic hydroxyl groups is 2. The van der Waals surface area contributed by atoms with E-state index in [9.17, 15) is 10.2 Å². The molecule has 0 aliphatic carbocycles. The minimum absolute atomic E-state index is 0. The van der Waals surface area contributed by atoms with Gasteiger partial charge in [0, 0.05) is 23.5 Å². The average Bonchev–Trinajstić information content (AvgIpc) is 2.32. The molecule has 96 valence electrons. The van der Waals surface area contributed by atoms with Crippen LogP contribution >= 0.6 is 12.4 Å². The van der Waals surface area contributed by atoms with Gasteiger partial charge in [-0.2, -0.15) is 0 Å². The van der Waals surface area contributed by atoms with Crippen LogP contribution in [0.4, 0.5) is 11.4 Å². The number of halogens is 1. The van der Waals surface area contributed by atoms with Crippen molar-refractivity contribution in [3.05, 3.63) is 48.0 Å². The third-order valence-electron chi connectivity index (χ3n) is 2.46. The van der Waals surface area contributed by atoms with Crippen LogP contribution in [0.15, 0.2) is 42.5 Å². The smallest absolute Gasteiger partial charge is 0.120 e. The highest BCUT2D eigenvalue weighted by Gasteiger charge is 2.02. The van der Waals surface area contributed by atoms with Crippen LogP contribution in [0.3, 0.4) is 0 Å². The van der Waals surface area contributed by atoms with E-state index < -0.39 is 0 Å². The van der Waals surface area contributed by atoms with Crippen molar-refractivity contribution < 1.29 is 10.2 Å². The molecule has 0 saturated carbocycles. The summed E-state index contributed by atoms with van der Waals surface area (Å²) in [5.74, 6) is 0.294. The number of phenols is 2. The van der Waals surface area contributed by atoms with Crippen LogP contribution in [0.1, 0.15) is 5.56 Å². The first-order valence-corrected chi connectivity index (χ1v) is 5.25. The van der Waals surface area contributed by atoms with Crippen molar-refractivity contribution in [1.29, 1.82) is 0 Å². The molecule has 0 amide bonds. The van der Waals surface area contributed by atoms with Crippen molar-refractivity contribution in [3.8, 4) is 11.5 Å². The van der Waals surface area contributed by atoms with Gasteiger partial charge in [0.15, 0.2) is 0 Å². The van der Waals surface area contributed by atoms with Gasteiger partial charge in [0.05, 0.1) is 0 Å². The van der Waals surface area contributed by atoms with Crippen molar-refractivity contribution in [1.82, 2.24) is 0 Å². The van der Waals surface area contributed by atoms with Crippen LogP contribution in [-0.4, -0.2) is 10.2 Å². The molecule has 0 aliphatic heterocycles. The van der Waals surface area contributed by atoms with Crippen LogP contribution in [0.2, 0.25) is 0 Å². The monoisotopic (exact) mass is 266 g/mol. The zero-order chi connectivity index (χ0) is 12.3. The lowest BCUT2D eigenvalue weighted by Crippen LogP contribution is -1.99. The third-order valence-corrected chi connectivity index (χ3v) is 2.46. The fourth-order valence-corrected chi connectivity index (χ4v) is 1.51. The predicted molar refractivity (Wildman–Crippen MR) is 75.2 cm³/mol. The first-order chi connectivity index (χ1) is 8.15. The molecule has 0 fully saturated rings. The number of hydrogen-bond acceptors (Lipinski definition) is 4. The summed E-state index contributed by atoms with van der Waals surface area (Å²) in [6.45, 7) is 0.435. The zero-order valence-electron chi connectivity index (χ0n) is 9.63. The molecule has 2 aromatic carbocycles. The minimum atomic E-state index is 0. The third kappa shape index (κ3) is 3.46. The first kappa shape index (κ1) is 14.0. The molecular weight excluding hydrogens is 252 g/mol. The number of rotatable bonds is 3. The molecule has 5 heteroatoms. The summed E-state index contributed by atoms with van der Waals surface area (Å²) in [4.78, 5) is 0. The lowest BCUT2D eigenvalue weighted by atomic mass is 10.2. The van der Waals surface area contributed by atoms with Crippen molar-refractivity contribution in [2.24, 2.45) is 0 Å². The van der Waals surface area contributed by atoms with E-state index in [1.807, 2.05) is 12.1 Å². The normalized spacial score (nSPS) is 9.56. The summed E-state index contributed by atoms with van der Waals surface area (Å²) in [6, 6.07) is 11.7. The van der Waals surface area contributed by atoms with Gasteiger partial charge in [-0.05, 0) is 42.5 Å². The molecule has 2 aromatic rings. The maximum absolute atomic E-state index is 9.59. The fraction of sp³-hybridized carbons (Fsp3) is 0.0769. The number of nitrogens with two attached hydrogens (primary N) is 1. The maximum Gasteiger partial charge on any atom is 0.120 e. The van der Waals surface area contributed by atoms with Crippen molar-refractivity contribution in [2.45, 2.75) is 6.54 Å². The molecule has 4 nitrogen and oxygen atoms in total. The maximum atomic E-state index is 9.59. The summed E-state index contributed by atoms with van der Waals surface area (Å²) in [5.41, 5.74) is 7.83. The van der Waals surface area contributed by atoms with E-state index >= 15 is 0 Å². The van der Waals surface area contributed by atoms with E-state index in [1.165, 1.54) is 18.2 Å². The van der Waals surface area contributed by atoms with Gasteiger partial charge in [0.2, 0.25) is 0 Å². The van der Waals surface area contributed by atoms with Gasteiger partial charge in [0.1, 0.15) is 11.5 Å². The van der Waals surface area contributed by atoms with Crippen LogP contribution in [0.25, 0.3) is 0 Å². The molecule has 0 spiro atoms. The van der Waals surface area contributed by atoms with E-state index in [0.717, 1.165) is 5.69 Å². The highest BCUT2D eigenvalue weighted by Crippen LogP contribution is 2.23.